The van der Waals surface area contributed by atoms with E-state index in [1.54, 1.807) is 14.0 Å². The zero-order chi connectivity index (χ0) is 23.7. The number of pyridine rings is 1. The molecule has 0 spiro atoms. The highest BCUT2D eigenvalue weighted by Gasteiger charge is 2.43. The lowest BCUT2D eigenvalue weighted by Crippen LogP contribution is -2.49. The van der Waals surface area contributed by atoms with Crippen LogP contribution in [-0.2, 0) is 27.1 Å². The Morgan fingerprint density at radius 3 is 2.32 bits per heavy atom. The maximum atomic E-state index is 12.7. The minimum Gasteiger partial charge on any atom is -0.396 e. The summed E-state index contributed by atoms with van der Waals surface area (Å²) in [6.07, 6.45) is 9.97. The minimum absolute atomic E-state index is 0.0425. The Morgan fingerprint density at radius 2 is 1.84 bits per heavy atom. The molecule has 1 aromatic heterocycles. The van der Waals surface area contributed by atoms with Crippen LogP contribution in [0.5, 0.6) is 0 Å². The van der Waals surface area contributed by atoms with Crippen molar-refractivity contribution in [3.8, 4) is 0 Å². The average Bonchev–Trinajstić information content (AvgIpc) is 2.72. The Balaban J connectivity index is 0.00000161. The molecule has 5 nitrogen and oxygen atoms in total. The van der Waals surface area contributed by atoms with Crippen molar-refractivity contribution in [2.75, 3.05) is 20.5 Å². The SMILES string of the molecule is CCCCCc1ccnc(CC(OCOC)(C(C)=O)C(C)CC(C)C)c1.CCCCO. The van der Waals surface area contributed by atoms with Crippen LogP contribution in [0.15, 0.2) is 18.3 Å². The van der Waals surface area contributed by atoms with E-state index in [0.717, 1.165) is 31.4 Å². The predicted molar refractivity (Wildman–Crippen MR) is 128 cm³/mol. The number of carbonyl (C=O) groups is 1. The second-order valence-corrected chi connectivity index (χ2v) is 8.89. The molecule has 180 valence electrons. The van der Waals surface area contributed by atoms with Crippen LogP contribution in [0, 0.1) is 11.8 Å². The number of unbranched alkanes of at least 4 members (excludes halogenated alkanes) is 3. The average molecular weight is 438 g/mol. The van der Waals surface area contributed by atoms with Gasteiger partial charge < -0.3 is 14.6 Å². The largest absolute Gasteiger partial charge is 0.396 e. The van der Waals surface area contributed by atoms with Gasteiger partial charge in [-0.3, -0.25) is 9.78 Å². The molecule has 0 aliphatic carbocycles. The maximum absolute atomic E-state index is 12.7. The molecule has 1 heterocycles. The van der Waals surface area contributed by atoms with Crippen LogP contribution >= 0.6 is 0 Å². The summed E-state index contributed by atoms with van der Waals surface area (Å²) < 4.78 is 11.2. The van der Waals surface area contributed by atoms with E-state index in [2.05, 4.69) is 51.7 Å². The summed E-state index contributed by atoms with van der Waals surface area (Å²) in [7, 11) is 1.59. The molecule has 0 saturated heterocycles. The number of methoxy groups -OCH3 is 1. The molecule has 2 unspecified atom stereocenters. The summed E-state index contributed by atoms with van der Waals surface area (Å²) in [6.45, 7) is 12.8. The zero-order valence-electron chi connectivity index (χ0n) is 21.1. The number of carbonyl (C=O) groups excluding carboxylic acids is 1. The van der Waals surface area contributed by atoms with Crippen molar-refractivity contribution in [2.24, 2.45) is 11.8 Å². The normalized spacial score (nSPS) is 14.0. The number of aryl methyl sites for hydroxylation is 1. The van der Waals surface area contributed by atoms with Crippen molar-refractivity contribution in [2.45, 2.75) is 98.5 Å². The summed E-state index contributed by atoms with van der Waals surface area (Å²) in [4.78, 5) is 17.2. The van der Waals surface area contributed by atoms with E-state index in [1.807, 2.05) is 6.20 Å². The Bertz CT molecular complexity index is 589. The molecule has 0 amide bonds. The van der Waals surface area contributed by atoms with E-state index in [1.165, 1.54) is 24.8 Å². The molecule has 0 fully saturated rings. The number of Topliss-reactive ketones (excluding diaryl/α,β-unsaturated/α-hetero) is 1. The van der Waals surface area contributed by atoms with Crippen LogP contribution in [0.25, 0.3) is 0 Å². The number of rotatable bonds is 15. The van der Waals surface area contributed by atoms with Crippen LogP contribution in [0.3, 0.4) is 0 Å². The first-order valence-corrected chi connectivity index (χ1v) is 12.0. The topological polar surface area (TPSA) is 68.7 Å². The Labute approximate surface area is 191 Å². The molecule has 0 aliphatic rings. The number of hydrogen-bond acceptors (Lipinski definition) is 5. The molecule has 5 heteroatoms. The molecule has 0 aliphatic heterocycles. The van der Waals surface area contributed by atoms with Gasteiger partial charge in [0, 0.05) is 32.0 Å². The number of hydrogen-bond donors (Lipinski definition) is 1. The van der Waals surface area contributed by atoms with Gasteiger partial charge in [0.2, 0.25) is 0 Å². The Hall–Kier alpha value is -1.30. The van der Waals surface area contributed by atoms with Gasteiger partial charge in [-0.05, 0) is 62.1 Å². The third kappa shape index (κ3) is 11.8. The van der Waals surface area contributed by atoms with Crippen LogP contribution in [0.1, 0.15) is 91.3 Å². The van der Waals surface area contributed by atoms with E-state index < -0.39 is 5.60 Å². The molecule has 1 N–H and O–H groups in total. The molecule has 1 rings (SSSR count). The van der Waals surface area contributed by atoms with E-state index >= 15 is 0 Å². The lowest BCUT2D eigenvalue weighted by molar-refractivity contribution is -0.174. The van der Waals surface area contributed by atoms with Gasteiger partial charge in [-0.2, -0.15) is 0 Å². The van der Waals surface area contributed by atoms with E-state index in [0.29, 0.717) is 18.9 Å². The van der Waals surface area contributed by atoms with Crippen LogP contribution in [-0.4, -0.2) is 42.0 Å². The lowest BCUT2D eigenvalue weighted by atomic mass is 9.77. The molecule has 0 bridgehead atoms. The summed E-state index contributed by atoms with van der Waals surface area (Å²) in [6, 6.07) is 4.20. The molecular formula is C26H47NO4. The molecule has 1 aromatic rings. The highest BCUT2D eigenvalue weighted by atomic mass is 16.7. The van der Waals surface area contributed by atoms with Crippen LogP contribution in [0.2, 0.25) is 0 Å². The third-order valence-electron chi connectivity index (χ3n) is 5.56. The zero-order valence-corrected chi connectivity index (χ0v) is 21.1. The molecule has 31 heavy (non-hydrogen) atoms. The predicted octanol–water partition coefficient (Wildman–Crippen LogP) is 5.77. The van der Waals surface area contributed by atoms with Crippen molar-refractivity contribution in [3.63, 3.8) is 0 Å². The number of ketones is 1. The number of ether oxygens (including phenoxy) is 2. The van der Waals surface area contributed by atoms with Gasteiger partial charge in [0.1, 0.15) is 12.4 Å². The second-order valence-electron chi connectivity index (χ2n) is 8.89. The number of aliphatic hydroxyl groups is 1. The first-order chi connectivity index (χ1) is 14.8. The van der Waals surface area contributed by atoms with Crippen LogP contribution in [0.4, 0.5) is 0 Å². The highest BCUT2D eigenvalue weighted by molar-refractivity contribution is 5.85. The van der Waals surface area contributed by atoms with Gasteiger partial charge in [0.05, 0.1) is 0 Å². The summed E-state index contributed by atoms with van der Waals surface area (Å²) in [5, 5.41) is 8.07. The highest BCUT2D eigenvalue weighted by Crippen LogP contribution is 2.32. The van der Waals surface area contributed by atoms with Crippen molar-refractivity contribution in [1.29, 1.82) is 0 Å². The molecule has 0 aromatic carbocycles. The monoisotopic (exact) mass is 437 g/mol. The minimum atomic E-state index is -0.894. The van der Waals surface area contributed by atoms with Gasteiger partial charge in [0.15, 0.2) is 5.78 Å². The maximum Gasteiger partial charge on any atom is 0.162 e. The van der Waals surface area contributed by atoms with Crippen molar-refractivity contribution in [1.82, 2.24) is 4.98 Å². The Morgan fingerprint density at radius 1 is 1.16 bits per heavy atom. The lowest BCUT2D eigenvalue weighted by Gasteiger charge is -2.37. The quantitative estimate of drug-likeness (QED) is 0.279. The fraction of sp³-hybridized carbons (Fsp3) is 0.769. The van der Waals surface area contributed by atoms with Gasteiger partial charge in [0.25, 0.3) is 0 Å². The number of aromatic nitrogens is 1. The van der Waals surface area contributed by atoms with E-state index in [-0.39, 0.29) is 18.5 Å². The van der Waals surface area contributed by atoms with E-state index in [9.17, 15) is 4.79 Å². The fourth-order valence-electron chi connectivity index (χ4n) is 3.79. The van der Waals surface area contributed by atoms with Gasteiger partial charge >= 0.3 is 0 Å². The first kappa shape index (κ1) is 29.7. The molecular weight excluding hydrogens is 390 g/mol. The summed E-state index contributed by atoms with van der Waals surface area (Å²) in [5.41, 5.74) is 1.31. The second kappa shape index (κ2) is 17.3. The number of aliphatic hydroxyl groups excluding tert-OH is 1. The Kier molecular flexibility index (Phi) is 16.6. The molecule has 0 radical (unpaired) electrons. The van der Waals surface area contributed by atoms with Crippen molar-refractivity contribution in [3.05, 3.63) is 29.6 Å². The third-order valence-corrected chi connectivity index (χ3v) is 5.56. The molecule has 0 saturated carbocycles. The first-order valence-electron chi connectivity index (χ1n) is 12.0. The van der Waals surface area contributed by atoms with Gasteiger partial charge in [-0.25, -0.2) is 0 Å². The molecule has 2 atom stereocenters. The fourth-order valence-corrected chi connectivity index (χ4v) is 3.79. The van der Waals surface area contributed by atoms with Gasteiger partial charge in [-0.1, -0.05) is 53.9 Å². The smallest absolute Gasteiger partial charge is 0.162 e. The van der Waals surface area contributed by atoms with Gasteiger partial charge in [-0.15, -0.1) is 0 Å². The standard InChI is InChI=1S/C22H37NO3.C4H10O/c1-7-8-9-10-20-11-12-23-21(14-20)15-22(19(5)24,26-16-25-6)18(4)13-17(2)3;1-2-3-4-5/h11-12,14,17-18H,7-10,13,15-16H2,1-6H3;5H,2-4H2,1H3. The van der Waals surface area contributed by atoms with E-state index in [4.69, 9.17) is 14.6 Å². The number of nitrogens with zero attached hydrogens (tertiary/aromatic N) is 1. The van der Waals surface area contributed by atoms with Crippen molar-refractivity contribution < 1.29 is 19.4 Å². The summed E-state index contributed by atoms with van der Waals surface area (Å²) in [5.74, 6) is 0.616. The van der Waals surface area contributed by atoms with Crippen molar-refractivity contribution >= 4 is 5.78 Å². The van der Waals surface area contributed by atoms with Crippen LogP contribution < -0.4 is 0 Å². The summed E-state index contributed by atoms with van der Waals surface area (Å²) >= 11 is 0.